The number of amidine groups is 1. The maximum atomic E-state index is 12.9. The van der Waals surface area contributed by atoms with E-state index in [1.165, 1.54) is 6.07 Å². The van der Waals surface area contributed by atoms with Gasteiger partial charge >= 0.3 is 6.18 Å². The van der Waals surface area contributed by atoms with Gasteiger partial charge in [-0.15, -0.1) is 0 Å². The van der Waals surface area contributed by atoms with Gasteiger partial charge in [-0.3, -0.25) is 4.99 Å². The number of alkyl halides is 3. The minimum absolute atomic E-state index is 0.451. The topological polar surface area (TPSA) is 49.4 Å². The normalized spacial score (nSPS) is 13.8. The number of aromatic amines is 1. The van der Waals surface area contributed by atoms with Crippen molar-refractivity contribution in [3.63, 3.8) is 0 Å². The van der Waals surface area contributed by atoms with Gasteiger partial charge in [0.2, 0.25) is 0 Å². The van der Waals surface area contributed by atoms with Gasteiger partial charge in [-0.2, -0.15) is 13.2 Å². The fraction of sp³-hybridized carbons (Fsp3) is 0.125. The van der Waals surface area contributed by atoms with Crippen molar-refractivity contribution in [2.75, 3.05) is 13.1 Å². The van der Waals surface area contributed by atoms with Gasteiger partial charge < -0.3 is 15.0 Å². The van der Waals surface area contributed by atoms with Crippen molar-refractivity contribution < 1.29 is 17.9 Å². The van der Waals surface area contributed by atoms with Crippen molar-refractivity contribution in [2.24, 2.45) is 4.99 Å². The number of halogens is 3. The van der Waals surface area contributed by atoms with Crippen LogP contribution in [0.15, 0.2) is 77.8 Å². The van der Waals surface area contributed by atoms with Gasteiger partial charge in [-0.25, -0.2) is 0 Å². The van der Waals surface area contributed by atoms with Crippen LogP contribution in [0.1, 0.15) is 11.1 Å². The summed E-state index contributed by atoms with van der Waals surface area (Å²) in [7, 11) is 0. The van der Waals surface area contributed by atoms with Gasteiger partial charge in [-0.05, 0) is 72.3 Å². The fourth-order valence-electron chi connectivity index (χ4n) is 3.57. The molecule has 0 atom stereocenters. The van der Waals surface area contributed by atoms with E-state index in [0.29, 0.717) is 17.0 Å². The molecule has 1 aromatic heterocycles. The summed E-state index contributed by atoms with van der Waals surface area (Å²) in [5.41, 5.74) is 2.41. The third kappa shape index (κ3) is 3.99. The lowest BCUT2D eigenvalue weighted by atomic mass is 10.1. The Balaban J connectivity index is 1.33. The Morgan fingerprint density at radius 1 is 0.806 bits per heavy atom. The lowest BCUT2D eigenvalue weighted by molar-refractivity contribution is -0.137. The van der Waals surface area contributed by atoms with E-state index in [1.54, 1.807) is 0 Å². The highest BCUT2D eigenvalue weighted by Crippen LogP contribution is 2.33. The van der Waals surface area contributed by atoms with E-state index in [0.717, 1.165) is 53.3 Å². The first-order valence-corrected chi connectivity index (χ1v) is 9.83. The highest BCUT2D eigenvalue weighted by atomic mass is 19.4. The van der Waals surface area contributed by atoms with E-state index in [2.05, 4.69) is 15.3 Å². The summed E-state index contributed by atoms with van der Waals surface area (Å²) in [4.78, 5) is 7.47. The molecule has 156 valence electrons. The average molecular weight is 421 g/mol. The molecule has 31 heavy (non-hydrogen) atoms. The Morgan fingerprint density at radius 2 is 1.48 bits per heavy atom. The molecule has 0 bridgehead atoms. The maximum Gasteiger partial charge on any atom is 0.416 e. The maximum absolute atomic E-state index is 12.9. The van der Waals surface area contributed by atoms with Crippen LogP contribution < -0.4 is 10.1 Å². The van der Waals surface area contributed by atoms with Crippen molar-refractivity contribution in [1.29, 1.82) is 0 Å². The van der Waals surface area contributed by atoms with Crippen LogP contribution in [0.3, 0.4) is 0 Å². The molecular formula is C24H18F3N3O. The summed E-state index contributed by atoms with van der Waals surface area (Å²) in [6, 6.07) is 20.6. The van der Waals surface area contributed by atoms with E-state index in [4.69, 9.17) is 4.74 Å². The number of rotatable bonds is 4. The fourth-order valence-corrected chi connectivity index (χ4v) is 3.57. The Labute approximate surface area is 176 Å². The Kier molecular flexibility index (Phi) is 4.66. The molecule has 5 rings (SSSR count). The van der Waals surface area contributed by atoms with Gasteiger partial charge in [0, 0.05) is 28.7 Å². The Morgan fingerprint density at radius 3 is 2.10 bits per heavy atom. The number of ether oxygens (including phenoxy) is 1. The molecule has 2 N–H and O–H groups in total. The van der Waals surface area contributed by atoms with Crippen LogP contribution >= 0.6 is 0 Å². The minimum atomic E-state index is -4.36. The van der Waals surface area contributed by atoms with Gasteiger partial charge in [-0.1, -0.05) is 6.07 Å². The van der Waals surface area contributed by atoms with Crippen molar-refractivity contribution in [3.05, 3.63) is 83.9 Å². The zero-order valence-corrected chi connectivity index (χ0v) is 16.3. The quantitative estimate of drug-likeness (QED) is 0.425. The lowest BCUT2D eigenvalue weighted by Crippen LogP contribution is -2.19. The molecule has 0 aliphatic carbocycles. The number of aromatic nitrogens is 1. The van der Waals surface area contributed by atoms with Gasteiger partial charge in [0.1, 0.15) is 17.3 Å². The molecule has 4 aromatic rings. The molecule has 0 saturated carbocycles. The molecular weight excluding hydrogens is 403 g/mol. The Bertz CT molecular complexity index is 1260. The second-order valence-corrected chi connectivity index (χ2v) is 7.29. The van der Waals surface area contributed by atoms with E-state index < -0.39 is 11.7 Å². The molecule has 0 saturated heterocycles. The third-order valence-corrected chi connectivity index (χ3v) is 5.15. The van der Waals surface area contributed by atoms with Crippen LogP contribution in [-0.4, -0.2) is 23.9 Å². The van der Waals surface area contributed by atoms with Crippen LogP contribution in [0.2, 0.25) is 0 Å². The SMILES string of the molecule is FC(F)(F)c1ccc2cc(-c3ccc(Oc4ccc(C5=NCCN5)cc4)cc3)[nH]c2c1. The Hall–Kier alpha value is -3.74. The first-order chi connectivity index (χ1) is 15.0. The summed E-state index contributed by atoms with van der Waals surface area (Å²) in [6.07, 6.45) is -4.36. The average Bonchev–Trinajstić information content (AvgIpc) is 3.44. The zero-order chi connectivity index (χ0) is 21.4. The van der Waals surface area contributed by atoms with E-state index in [1.807, 2.05) is 54.6 Å². The number of nitrogens with one attached hydrogen (secondary N) is 2. The molecule has 0 radical (unpaired) electrons. The summed E-state index contributed by atoms with van der Waals surface area (Å²) < 4.78 is 44.7. The molecule has 0 amide bonds. The lowest BCUT2D eigenvalue weighted by Gasteiger charge is -2.08. The van der Waals surface area contributed by atoms with E-state index in [9.17, 15) is 13.2 Å². The van der Waals surface area contributed by atoms with Gasteiger partial charge in [0.05, 0.1) is 12.1 Å². The predicted octanol–water partition coefficient (Wildman–Crippen LogP) is 6.00. The molecule has 0 fully saturated rings. The van der Waals surface area contributed by atoms with Crippen LogP contribution in [-0.2, 0) is 6.18 Å². The van der Waals surface area contributed by atoms with Crippen molar-refractivity contribution in [3.8, 4) is 22.8 Å². The molecule has 0 unspecified atom stereocenters. The number of H-pyrrole nitrogens is 1. The highest BCUT2D eigenvalue weighted by Gasteiger charge is 2.30. The standard InChI is InChI=1S/C24H18F3N3O/c25-24(26,27)18-6-1-17-13-21(30-22(17)14-18)15-2-7-19(8-3-15)31-20-9-4-16(5-10-20)23-28-11-12-29-23/h1-10,13-14,30H,11-12H2,(H,28,29). The second kappa shape index (κ2) is 7.50. The van der Waals surface area contributed by atoms with Crippen LogP contribution in [0.5, 0.6) is 11.5 Å². The zero-order valence-electron chi connectivity index (χ0n) is 16.3. The van der Waals surface area contributed by atoms with Crippen molar-refractivity contribution in [1.82, 2.24) is 10.3 Å². The van der Waals surface area contributed by atoms with Gasteiger partial charge in [0.25, 0.3) is 0 Å². The first kappa shape index (κ1) is 19.2. The van der Waals surface area contributed by atoms with Crippen LogP contribution in [0, 0.1) is 0 Å². The van der Waals surface area contributed by atoms with E-state index >= 15 is 0 Å². The van der Waals surface area contributed by atoms with Gasteiger partial charge in [0.15, 0.2) is 0 Å². The predicted molar refractivity (Wildman–Crippen MR) is 115 cm³/mol. The van der Waals surface area contributed by atoms with Crippen molar-refractivity contribution in [2.45, 2.75) is 6.18 Å². The molecule has 4 nitrogen and oxygen atoms in total. The first-order valence-electron chi connectivity index (χ1n) is 9.83. The second-order valence-electron chi connectivity index (χ2n) is 7.29. The number of nitrogens with zero attached hydrogens (tertiary/aromatic N) is 1. The molecule has 2 heterocycles. The van der Waals surface area contributed by atoms with Crippen LogP contribution in [0.4, 0.5) is 13.2 Å². The highest BCUT2D eigenvalue weighted by molar-refractivity contribution is 5.99. The molecule has 3 aromatic carbocycles. The smallest absolute Gasteiger partial charge is 0.416 e. The van der Waals surface area contributed by atoms with E-state index in [-0.39, 0.29) is 0 Å². The summed E-state index contributed by atoms with van der Waals surface area (Å²) in [6.45, 7) is 1.65. The monoisotopic (exact) mass is 421 g/mol. The number of aliphatic imine (C=N–C) groups is 1. The number of hydrogen-bond donors (Lipinski definition) is 2. The number of hydrogen-bond acceptors (Lipinski definition) is 3. The number of benzene rings is 3. The number of fused-ring (bicyclic) bond motifs is 1. The molecule has 1 aliphatic heterocycles. The summed E-state index contributed by atoms with van der Waals surface area (Å²) in [5.74, 6) is 2.28. The summed E-state index contributed by atoms with van der Waals surface area (Å²) in [5, 5.41) is 3.96. The molecule has 0 spiro atoms. The van der Waals surface area contributed by atoms with Crippen LogP contribution in [0.25, 0.3) is 22.2 Å². The molecule has 1 aliphatic rings. The molecule has 7 heteroatoms. The van der Waals surface area contributed by atoms with Crippen molar-refractivity contribution >= 4 is 16.7 Å². The third-order valence-electron chi connectivity index (χ3n) is 5.15. The summed E-state index contributed by atoms with van der Waals surface area (Å²) >= 11 is 0. The minimum Gasteiger partial charge on any atom is -0.457 e. The largest absolute Gasteiger partial charge is 0.457 e.